The molecule has 1 unspecified atom stereocenters. The lowest BCUT2D eigenvalue weighted by Gasteiger charge is -2.34. The Bertz CT molecular complexity index is 381. The largest absolute Gasteiger partial charge is 0.384 e. The van der Waals surface area contributed by atoms with Gasteiger partial charge in [-0.2, -0.15) is 0 Å². The van der Waals surface area contributed by atoms with Crippen molar-refractivity contribution in [3.8, 4) is 0 Å². The van der Waals surface area contributed by atoms with E-state index in [1.165, 1.54) is 5.56 Å². The first-order valence-electron chi connectivity index (χ1n) is 6.36. The molecule has 0 aromatic heterocycles. The van der Waals surface area contributed by atoms with Crippen LogP contribution in [0.2, 0.25) is 0 Å². The summed E-state index contributed by atoms with van der Waals surface area (Å²) in [6.45, 7) is 2.87. The van der Waals surface area contributed by atoms with Gasteiger partial charge in [0.15, 0.2) is 0 Å². The molecule has 0 aliphatic carbocycles. The number of carbonyl (C=O) groups is 1. The van der Waals surface area contributed by atoms with Gasteiger partial charge in [0.2, 0.25) is 5.91 Å². The van der Waals surface area contributed by atoms with Crippen LogP contribution in [0.25, 0.3) is 0 Å². The Balaban J connectivity index is 1.94. The molecule has 1 heterocycles. The van der Waals surface area contributed by atoms with E-state index < -0.39 is 0 Å². The van der Waals surface area contributed by atoms with Crippen molar-refractivity contribution in [2.45, 2.75) is 12.5 Å². The molecule has 18 heavy (non-hydrogen) atoms. The Morgan fingerprint density at radius 1 is 1.44 bits per heavy atom. The van der Waals surface area contributed by atoms with Gasteiger partial charge < -0.3 is 15.0 Å². The van der Waals surface area contributed by atoms with E-state index in [4.69, 9.17) is 4.74 Å². The van der Waals surface area contributed by atoms with E-state index in [1.54, 1.807) is 7.11 Å². The number of nitrogens with one attached hydrogen (secondary N) is 1. The van der Waals surface area contributed by atoms with Crippen molar-refractivity contribution in [1.82, 2.24) is 10.2 Å². The number of carbonyl (C=O) groups excluding carboxylic acids is 1. The van der Waals surface area contributed by atoms with Gasteiger partial charge in [0, 0.05) is 32.8 Å². The van der Waals surface area contributed by atoms with Crippen LogP contribution in [0.3, 0.4) is 0 Å². The molecule has 4 nitrogen and oxygen atoms in total. The monoisotopic (exact) mass is 248 g/mol. The van der Waals surface area contributed by atoms with Crippen LogP contribution in [-0.4, -0.2) is 44.2 Å². The molecule has 1 N–H and O–H groups in total. The van der Waals surface area contributed by atoms with E-state index in [0.29, 0.717) is 13.0 Å². The number of benzene rings is 1. The minimum absolute atomic E-state index is 0.180. The van der Waals surface area contributed by atoms with Crippen molar-refractivity contribution in [2.75, 3.05) is 33.4 Å². The van der Waals surface area contributed by atoms with Gasteiger partial charge in [-0.05, 0) is 5.56 Å². The van der Waals surface area contributed by atoms with E-state index in [9.17, 15) is 4.79 Å². The molecular weight excluding hydrogens is 228 g/mol. The third-order valence-corrected chi connectivity index (χ3v) is 3.25. The highest BCUT2D eigenvalue weighted by molar-refractivity contribution is 5.76. The fraction of sp³-hybridized carbons (Fsp3) is 0.500. The SMILES string of the molecule is COCCC(=O)N1CCNC(c2ccccc2)C1. The van der Waals surface area contributed by atoms with Gasteiger partial charge in [-0.25, -0.2) is 0 Å². The number of methoxy groups -OCH3 is 1. The Kier molecular flexibility index (Phi) is 4.73. The molecule has 0 saturated carbocycles. The molecule has 1 atom stereocenters. The van der Waals surface area contributed by atoms with Crippen molar-refractivity contribution >= 4 is 5.91 Å². The Labute approximate surface area is 108 Å². The quantitative estimate of drug-likeness (QED) is 0.870. The lowest BCUT2D eigenvalue weighted by molar-refractivity contribution is -0.133. The van der Waals surface area contributed by atoms with Crippen LogP contribution in [0.4, 0.5) is 0 Å². The van der Waals surface area contributed by atoms with Crippen molar-refractivity contribution in [1.29, 1.82) is 0 Å². The molecule has 0 spiro atoms. The number of rotatable bonds is 4. The summed E-state index contributed by atoms with van der Waals surface area (Å²) in [7, 11) is 1.62. The standard InChI is InChI=1S/C14H20N2O2/c1-18-10-7-14(17)16-9-8-15-13(11-16)12-5-3-2-4-6-12/h2-6,13,15H,7-11H2,1H3. The predicted molar refractivity (Wildman–Crippen MR) is 70.3 cm³/mol. The third kappa shape index (κ3) is 3.31. The van der Waals surface area contributed by atoms with Gasteiger partial charge in [0.25, 0.3) is 0 Å². The van der Waals surface area contributed by atoms with Gasteiger partial charge in [-0.1, -0.05) is 30.3 Å². The highest BCUT2D eigenvalue weighted by Gasteiger charge is 2.23. The topological polar surface area (TPSA) is 41.6 Å². The van der Waals surface area contributed by atoms with Crippen LogP contribution in [-0.2, 0) is 9.53 Å². The molecule has 1 aromatic rings. The molecule has 98 valence electrons. The summed E-state index contributed by atoms with van der Waals surface area (Å²) in [5.74, 6) is 0.180. The lowest BCUT2D eigenvalue weighted by atomic mass is 10.0. The molecule has 0 radical (unpaired) electrons. The molecule has 2 rings (SSSR count). The number of nitrogens with zero attached hydrogens (tertiary/aromatic N) is 1. The van der Waals surface area contributed by atoms with Crippen LogP contribution in [0.5, 0.6) is 0 Å². The first-order valence-corrected chi connectivity index (χ1v) is 6.36. The van der Waals surface area contributed by atoms with Gasteiger partial charge in [0.05, 0.1) is 13.0 Å². The second-order valence-corrected chi connectivity index (χ2v) is 4.50. The zero-order valence-electron chi connectivity index (χ0n) is 10.8. The predicted octanol–water partition coefficient (Wildman–Crippen LogP) is 1.20. The van der Waals surface area contributed by atoms with Crippen molar-refractivity contribution < 1.29 is 9.53 Å². The maximum absolute atomic E-state index is 12.0. The fourth-order valence-corrected chi connectivity index (χ4v) is 2.23. The first kappa shape index (κ1) is 13.1. The summed E-state index contributed by atoms with van der Waals surface area (Å²) in [6, 6.07) is 10.5. The second kappa shape index (κ2) is 6.52. The van der Waals surface area contributed by atoms with Crippen LogP contribution >= 0.6 is 0 Å². The zero-order chi connectivity index (χ0) is 12.8. The molecule has 1 saturated heterocycles. The maximum Gasteiger partial charge on any atom is 0.224 e. The van der Waals surface area contributed by atoms with E-state index in [2.05, 4.69) is 17.4 Å². The summed E-state index contributed by atoms with van der Waals surface area (Å²) < 4.78 is 4.95. The number of amides is 1. The maximum atomic E-state index is 12.0. The van der Waals surface area contributed by atoms with Crippen molar-refractivity contribution in [3.05, 3.63) is 35.9 Å². The molecule has 1 fully saturated rings. The fourth-order valence-electron chi connectivity index (χ4n) is 2.23. The van der Waals surface area contributed by atoms with E-state index in [-0.39, 0.29) is 11.9 Å². The van der Waals surface area contributed by atoms with Crippen LogP contribution in [0, 0.1) is 0 Å². The molecular formula is C14H20N2O2. The van der Waals surface area contributed by atoms with Crippen LogP contribution in [0.15, 0.2) is 30.3 Å². The van der Waals surface area contributed by atoms with Crippen LogP contribution < -0.4 is 5.32 Å². The summed E-state index contributed by atoms with van der Waals surface area (Å²) in [4.78, 5) is 13.9. The molecule has 1 aromatic carbocycles. The van der Waals surface area contributed by atoms with Gasteiger partial charge in [-0.3, -0.25) is 4.79 Å². The minimum Gasteiger partial charge on any atom is -0.384 e. The van der Waals surface area contributed by atoms with Crippen LogP contribution in [0.1, 0.15) is 18.0 Å². The van der Waals surface area contributed by atoms with E-state index >= 15 is 0 Å². The molecule has 1 aliphatic heterocycles. The number of piperazine rings is 1. The number of hydrogen-bond acceptors (Lipinski definition) is 3. The second-order valence-electron chi connectivity index (χ2n) is 4.50. The van der Waals surface area contributed by atoms with Gasteiger partial charge in [-0.15, -0.1) is 0 Å². The Morgan fingerprint density at radius 2 is 2.22 bits per heavy atom. The van der Waals surface area contributed by atoms with Crippen molar-refractivity contribution in [3.63, 3.8) is 0 Å². The van der Waals surface area contributed by atoms with E-state index in [1.807, 2.05) is 23.1 Å². The minimum atomic E-state index is 0.180. The number of hydrogen-bond donors (Lipinski definition) is 1. The molecule has 0 bridgehead atoms. The lowest BCUT2D eigenvalue weighted by Crippen LogP contribution is -2.48. The highest BCUT2D eigenvalue weighted by atomic mass is 16.5. The summed E-state index contributed by atoms with van der Waals surface area (Å²) in [6.07, 6.45) is 0.470. The first-order chi connectivity index (χ1) is 8.81. The Morgan fingerprint density at radius 3 is 2.94 bits per heavy atom. The molecule has 1 amide bonds. The highest BCUT2D eigenvalue weighted by Crippen LogP contribution is 2.17. The Hall–Kier alpha value is -1.39. The smallest absolute Gasteiger partial charge is 0.224 e. The molecule has 4 heteroatoms. The normalized spacial score (nSPS) is 19.8. The zero-order valence-corrected chi connectivity index (χ0v) is 10.8. The third-order valence-electron chi connectivity index (χ3n) is 3.25. The summed E-state index contributed by atoms with van der Waals surface area (Å²) in [5, 5.41) is 3.45. The van der Waals surface area contributed by atoms with Gasteiger partial charge in [0.1, 0.15) is 0 Å². The van der Waals surface area contributed by atoms with Gasteiger partial charge >= 0.3 is 0 Å². The van der Waals surface area contributed by atoms with E-state index in [0.717, 1.165) is 19.6 Å². The average Bonchev–Trinajstić information content (AvgIpc) is 2.46. The molecule has 1 aliphatic rings. The van der Waals surface area contributed by atoms with Crippen molar-refractivity contribution in [2.24, 2.45) is 0 Å². The summed E-state index contributed by atoms with van der Waals surface area (Å²) >= 11 is 0. The number of ether oxygens (including phenoxy) is 1. The summed E-state index contributed by atoms with van der Waals surface area (Å²) in [5.41, 5.74) is 1.24. The average molecular weight is 248 g/mol.